The van der Waals surface area contributed by atoms with Crippen LogP contribution < -0.4 is 4.74 Å². The van der Waals surface area contributed by atoms with Crippen LogP contribution in [-0.4, -0.2) is 29.0 Å². The van der Waals surface area contributed by atoms with Crippen molar-refractivity contribution in [2.24, 2.45) is 5.92 Å². The zero-order valence-corrected chi connectivity index (χ0v) is 17.5. The van der Waals surface area contributed by atoms with Gasteiger partial charge in [0, 0.05) is 24.3 Å². The fourth-order valence-electron chi connectivity index (χ4n) is 4.66. The number of aromatic nitrogens is 1. The van der Waals surface area contributed by atoms with Gasteiger partial charge in [-0.15, -0.1) is 0 Å². The molecule has 0 bridgehead atoms. The smallest absolute Gasteiger partial charge is 0.246 e. The van der Waals surface area contributed by atoms with E-state index in [-0.39, 0.29) is 18.0 Å². The van der Waals surface area contributed by atoms with Gasteiger partial charge in [0.2, 0.25) is 5.91 Å². The molecule has 0 spiro atoms. The number of ether oxygens (including phenoxy) is 1. The van der Waals surface area contributed by atoms with Crippen LogP contribution in [0.2, 0.25) is 0 Å². The molecular formula is C25H30N2O2. The lowest BCUT2D eigenvalue weighted by Crippen LogP contribution is -2.37. The molecule has 3 aromatic rings. The van der Waals surface area contributed by atoms with E-state index in [9.17, 15) is 4.79 Å². The second kappa shape index (κ2) is 8.32. The SMILES string of the molecule is COc1ccc([C@H]2CCCN2C(=O)[C@H](CC(C)C)n2cccc2)c2ccccc12. The van der Waals surface area contributed by atoms with Gasteiger partial charge in [0.25, 0.3) is 0 Å². The van der Waals surface area contributed by atoms with Crippen LogP contribution in [0.25, 0.3) is 10.8 Å². The van der Waals surface area contributed by atoms with Crippen molar-refractivity contribution in [3.05, 3.63) is 66.5 Å². The molecule has 1 aromatic heterocycles. The van der Waals surface area contributed by atoms with Crippen LogP contribution in [0, 0.1) is 5.92 Å². The summed E-state index contributed by atoms with van der Waals surface area (Å²) in [6.45, 7) is 5.18. The van der Waals surface area contributed by atoms with Crippen molar-refractivity contribution in [2.75, 3.05) is 13.7 Å². The number of nitrogens with zero attached hydrogens (tertiary/aromatic N) is 2. The van der Waals surface area contributed by atoms with E-state index >= 15 is 0 Å². The van der Waals surface area contributed by atoms with E-state index in [4.69, 9.17) is 4.74 Å². The number of rotatable bonds is 6. The van der Waals surface area contributed by atoms with E-state index in [2.05, 4.69) is 47.6 Å². The van der Waals surface area contributed by atoms with Crippen molar-refractivity contribution in [1.29, 1.82) is 0 Å². The molecule has 4 nitrogen and oxygen atoms in total. The number of likely N-dealkylation sites (tertiary alicyclic amines) is 1. The first-order chi connectivity index (χ1) is 14.1. The minimum Gasteiger partial charge on any atom is -0.496 e. The van der Waals surface area contributed by atoms with E-state index in [1.807, 2.05) is 36.7 Å². The normalized spacial score (nSPS) is 17.8. The summed E-state index contributed by atoms with van der Waals surface area (Å²) < 4.78 is 7.64. The Labute approximate surface area is 173 Å². The lowest BCUT2D eigenvalue weighted by molar-refractivity contribution is -0.136. The highest BCUT2D eigenvalue weighted by molar-refractivity contribution is 5.92. The average molecular weight is 391 g/mol. The van der Waals surface area contributed by atoms with Crippen molar-refractivity contribution in [3.8, 4) is 5.75 Å². The van der Waals surface area contributed by atoms with E-state index in [1.165, 1.54) is 10.9 Å². The molecule has 2 aromatic carbocycles. The van der Waals surface area contributed by atoms with E-state index < -0.39 is 0 Å². The van der Waals surface area contributed by atoms with E-state index in [0.717, 1.165) is 36.9 Å². The number of fused-ring (bicyclic) bond motifs is 1. The number of amides is 1. The molecule has 0 unspecified atom stereocenters. The van der Waals surface area contributed by atoms with Gasteiger partial charge in [-0.3, -0.25) is 4.79 Å². The maximum absolute atomic E-state index is 13.7. The fraction of sp³-hybridized carbons (Fsp3) is 0.400. The Hall–Kier alpha value is -2.75. The molecule has 1 amide bonds. The largest absolute Gasteiger partial charge is 0.496 e. The van der Waals surface area contributed by atoms with Gasteiger partial charge in [0.05, 0.1) is 13.2 Å². The van der Waals surface area contributed by atoms with Crippen LogP contribution in [-0.2, 0) is 4.79 Å². The zero-order valence-electron chi connectivity index (χ0n) is 17.5. The maximum atomic E-state index is 13.7. The summed E-state index contributed by atoms with van der Waals surface area (Å²) in [6, 6.07) is 16.5. The predicted octanol–water partition coefficient (Wildman–Crippen LogP) is 5.60. The second-order valence-corrected chi connectivity index (χ2v) is 8.37. The number of benzene rings is 2. The number of hydrogen-bond donors (Lipinski definition) is 0. The molecule has 152 valence electrons. The first kappa shape index (κ1) is 19.6. The second-order valence-electron chi connectivity index (χ2n) is 8.37. The topological polar surface area (TPSA) is 34.5 Å². The van der Waals surface area contributed by atoms with Gasteiger partial charge in [-0.1, -0.05) is 44.2 Å². The van der Waals surface area contributed by atoms with Gasteiger partial charge in [-0.05, 0) is 54.3 Å². The van der Waals surface area contributed by atoms with Crippen molar-refractivity contribution in [1.82, 2.24) is 9.47 Å². The third-order valence-electron chi connectivity index (χ3n) is 6.00. The summed E-state index contributed by atoms with van der Waals surface area (Å²) in [4.78, 5) is 15.8. The summed E-state index contributed by atoms with van der Waals surface area (Å²) in [6.07, 6.45) is 6.91. The Bertz CT molecular complexity index is 978. The van der Waals surface area contributed by atoms with Gasteiger partial charge in [0.1, 0.15) is 11.8 Å². The molecule has 4 rings (SSSR count). The lowest BCUT2D eigenvalue weighted by atomic mass is 9.95. The van der Waals surface area contributed by atoms with Crippen LogP contribution in [0.5, 0.6) is 5.75 Å². The first-order valence-corrected chi connectivity index (χ1v) is 10.6. The molecule has 0 radical (unpaired) electrons. The Morgan fingerprint density at radius 3 is 2.48 bits per heavy atom. The van der Waals surface area contributed by atoms with E-state index in [0.29, 0.717) is 5.92 Å². The standard InChI is InChI=1S/C25H30N2O2/c1-18(2)17-23(26-14-6-7-15-26)25(28)27-16-8-11-22(27)20-12-13-24(29-3)21-10-5-4-9-19(20)21/h4-7,9-10,12-15,18,22-23H,8,11,16-17H2,1-3H3/t22-,23+/m1/s1. The van der Waals surface area contributed by atoms with Gasteiger partial charge in [-0.2, -0.15) is 0 Å². The molecule has 0 aliphatic carbocycles. The number of methoxy groups -OCH3 is 1. The molecular weight excluding hydrogens is 360 g/mol. The van der Waals surface area contributed by atoms with Gasteiger partial charge in [-0.25, -0.2) is 0 Å². The maximum Gasteiger partial charge on any atom is 0.246 e. The monoisotopic (exact) mass is 390 g/mol. The Morgan fingerprint density at radius 2 is 1.79 bits per heavy atom. The van der Waals surface area contributed by atoms with Crippen LogP contribution in [0.1, 0.15) is 50.8 Å². The van der Waals surface area contributed by atoms with E-state index in [1.54, 1.807) is 7.11 Å². The summed E-state index contributed by atoms with van der Waals surface area (Å²) in [5.41, 5.74) is 1.23. The summed E-state index contributed by atoms with van der Waals surface area (Å²) in [7, 11) is 1.71. The molecule has 1 fully saturated rings. The van der Waals surface area contributed by atoms with Crippen LogP contribution >= 0.6 is 0 Å². The van der Waals surface area contributed by atoms with Crippen molar-refractivity contribution in [2.45, 2.75) is 45.2 Å². The van der Waals surface area contributed by atoms with Gasteiger partial charge < -0.3 is 14.2 Å². The highest BCUT2D eigenvalue weighted by Crippen LogP contribution is 2.40. The Balaban J connectivity index is 1.71. The summed E-state index contributed by atoms with van der Waals surface area (Å²) in [5.74, 6) is 1.57. The van der Waals surface area contributed by atoms with Crippen LogP contribution in [0.3, 0.4) is 0 Å². The van der Waals surface area contributed by atoms with Gasteiger partial charge >= 0.3 is 0 Å². The fourth-order valence-corrected chi connectivity index (χ4v) is 4.66. The van der Waals surface area contributed by atoms with Crippen LogP contribution in [0.15, 0.2) is 60.9 Å². The minimum absolute atomic E-state index is 0.114. The molecule has 0 saturated carbocycles. The average Bonchev–Trinajstić information content (AvgIpc) is 3.42. The first-order valence-electron chi connectivity index (χ1n) is 10.6. The van der Waals surface area contributed by atoms with Crippen LogP contribution in [0.4, 0.5) is 0 Å². The molecule has 29 heavy (non-hydrogen) atoms. The zero-order chi connectivity index (χ0) is 20.4. The van der Waals surface area contributed by atoms with Crippen molar-refractivity contribution < 1.29 is 9.53 Å². The molecule has 1 aliphatic heterocycles. The molecule has 2 heterocycles. The minimum atomic E-state index is -0.143. The molecule has 2 atom stereocenters. The molecule has 4 heteroatoms. The summed E-state index contributed by atoms with van der Waals surface area (Å²) >= 11 is 0. The lowest BCUT2D eigenvalue weighted by Gasteiger charge is -2.31. The third kappa shape index (κ3) is 3.76. The van der Waals surface area contributed by atoms with Crippen molar-refractivity contribution in [3.63, 3.8) is 0 Å². The number of carbonyl (C=O) groups excluding carboxylic acids is 1. The highest BCUT2D eigenvalue weighted by Gasteiger charge is 2.35. The number of hydrogen-bond acceptors (Lipinski definition) is 2. The molecule has 0 N–H and O–H groups in total. The quantitative estimate of drug-likeness (QED) is 0.549. The number of carbonyl (C=O) groups is 1. The van der Waals surface area contributed by atoms with Crippen molar-refractivity contribution >= 4 is 16.7 Å². The molecule has 1 saturated heterocycles. The molecule has 1 aliphatic rings. The summed E-state index contributed by atoms with van der Waals surface area (Å²) in [5, 5.41) is 2.29. The van der Waals surface area contributed by atoms with Gasteiger partial charge in [0.15, 0.2) is 0 Å². The predicted molar refractivity (Wildman–Crippen MR) is 117 cm³/mol. The Morgan fingerprint density at radius 1 is 1.07 bits per heavy atom. The highest BCUT2D eigenvalue weighted by atomic mass is 16.5. The Kier molecular flexibility index (Phi) is 5.61. The third-order valence-corrected chi connectivity index (χ3v) is 6.00.